The SMILES string of the molecule is CC(=O)N/N=C(/C)c1cccc(NC(=O)C2CC2)c1. The summed E-state index contributed by atoms with van der Waals surface area (Å²) in [6.07, 6.45) is 1.96. The van der Waals surface area contributed by atoms with E-state index in [1.807, 2.05) is 24.3 Å². The van der Waals surface area contributed by atoms with Gasteiger partial charge in [-0.1, -0.05) is 12.1 Å². The first-order valence-electron chi connectivity index (χ1n) is 6.28. The van der Waals surface area contributed by atoms with Crippen LogP contribution in [0.3, 0.4) is 0 Å². The van der Waals surface area contributed by atoms with Gasteiger partial charge in [0.1, 0.15) is 0 Å². The molecule has 0 spiro atoms. The smallest absolute Gasteiger partial charge is 0.236 e. The minimum Gasteiger partial charge on any atom is -0.326 e. The van der Waals surface area contributed by atoms with Crippen LogP contribution in [0.5, 0.6) is 0 Å². The monoisotopic (exact) mass is 259 g/mol. The molecule has 0 atom stereocenters. The Kier molecular flexibility index (Phi) is 3.94. The van der Waals surface area contributed by atoms with Crippen LogP contribution in [-0.2, 0) is 9.59 Å². The van der Waals surface area contributed by atoms with Crippen LogP contribution in [0.1, 0.15) is 32.3 Å². The average Bonchev–Trinajstić information content (AvgIpc) is 3.20. The summed E-state index contributed by atoms with van der Waals surface area (Å²) in [4.78, 5) is 22.5. The van der Waals surface area contributed by atoms with E-state index in [0.717, 1.165) is 24.1 Å². The van der Waals surface area contributed by atoms with Crippen molar-refractivity contribution in [2.75, 3.05) is 5.32 Å². The van der Waals surface area contributed by atoms with Gasteiger partial charge >= 0.3 is 0 Å². The molecule has 0 bridgehead atoms. The molecule has 0 saturated heterocycles. The van der Waals surface area contributed by atoms with Crippen molar-refractivity contribution in [2.45, 2.75) is 26.7 Å². The molecule has 0 unspecified atom stereocenters. The summed E-state index contributed by atoms with van der Waals surface area (Å²) in [6.45, 7) is 3.21. The van der Waals surface area contributed by atoms with Crippen LogP contribution in [0.2, 0.25) is 0 Å². The minimum atomic E-state index is -0.211. The number of benzene rings is 1. The molecule has 0 aliphatic heterocycles. The fraction of sp³-hybridized carbons (Fsp3) is 0.357. The van der Waals surface area contributed by atoms with Gasteiger partial charge < -0.3 is 5.32 Å². The zero-order chi connectivity index (χ0) is 13.8. The predicted molar refractivity (Wildman–Crippen MR) is 73.8 cm³/mol. The summed E-state index contributed by atoms with van der Waals surface area (Å²) in [7, 11) is 0. The highest BCUT2D eigenvalue weighted by atomic mass is 16.2. The normalized spacial score (nSPS) is 14.9. The van der Waals surface area contributed by atoms with Crippen molar-refractivity contribution in [1.29, 1.82) is 0 Å². The van der Waals surface area contributed by atoms with E-state index in [2.05, 4.69) is 15.8 Å². The first kappa shape index (κ1) is 13.3. The van der Waals surface area contributed by atoms with E-state index < -0.39 is 0 Å². The Labute approximate surface area is 112 Å². The lowest BCUT2D eigenvalue weighted by Crippen LogP contribution is -2.16. The molecule has 5 nitrogen and oxygen atoms in total. The number of hydrogen-bond acceptors (Lipinski definition) is 3. The largest absolute Gasteiger partial charge is 0.326 e. The van der Waals surface area contributed by atoms with Crippen molar-refractivity contribution in [3.8, 4) is 0 Å². The summed E-state index contributed by atoms with van der Waals surface area (Å²) in [5.74, 6) is 0.0453. The molecule has 0 heterocycles. The highest BCUT2D eigenvalue weighted by Gasteiger charge is 2.29. The van der Waals surface area contributed by atoms with Crippen LogP contribution < -0.4 is 10.7 Å². The molecule has 1 aliphatic rings. The van der Waals surface area contributed by atoms with Crippen molar-refractivity contribution in [2.24, 2.45) is 11.0 Å². The third kappa shape index (κ3) is 3.91. The molecule has 0 radical (unpaired) electrons. The molecule has 2 rings (SSSR count). The minimum absolute atomic E-state index is 0.0774. The maximum atomic E-state index is 11.7. The van der Waals surface area contributed by atoms with Crippen LogP contribution in [-0.4, -0.2) is 17.5 Å². The molecule has 0 aromatic heterocycles. The quantitative estimate of drug-likeness (QED) is 0.640. The van der Waals surface area contributed by atoms with Crippen LogP contribution >= 0.6 is 0 Å². The Morgan fingerprint density at radius 1 is 1.26 bits per heavy atom. The average molecular weight is 259 g/mol. The Morgan fingerprint density at radius 3 is 2.63 bits per heavy atom. The number of hydrogen-bond donors (Lipinski definition) is 2. The molecular formula is C14H17N3O2. The fourth-order valence-corrected chi connectivity index (χ4v) is 1.64. The number of amides is 2. The predicted octanol–water partition coefficient (Wildman–Crippen LogP) is 1.90. The van der Waals surface area contributed by atoms with Gasteiger partial charge in [-0.25, -0.2) is 5.43 Å². The first-order chi connectivity index (χ1) is 9.06. The molecule has 1 aromatic carbocycles. The van der Waals surface area contributed by atoms with Crippen molar-refractivity contribution in [3.05, 3.63) is 29.8 Å². The number of nitrogens with zero attached hydrogens (tertiary/aromatic N) is 1. The number of hydrazone groups is 1. The van der Waals surface area contributed by atoms with Gasteiger partial charge in [0.15, 0.2) is 0 Å². The van der Waals surface area contributed by atoms with Gasteiger partial charge in [-0.05, 0) is 37.5 Å². The Morgan fingerprint density at radius 2 is 2.00 bits per heavy atom. The lowest BCUT2D eigenvalue weighted by atomic mass is 10.1. The maximum Gasteiger partial charge on any atom is 0.236 e. The lowest BCUT2D eigenvalue weighted by molar-refractivity contribution is -0.119. The number of anilines is 1. The third-order valence-electron chi connectivity index (χ3n) is 2.88. The molecule has 1 saturated carbocycles. The number of nitrogens with one attached hydrogen (secondary N) is 2. The van der Waals surface area contributed by atoms with Crippen LogP contribution in [0.15, 0.2) is 29.4 Å². The summed E-state index contributed by atoms with van der Waals surface area (Å²) in [5.41, 5.74) is 4.71. The van der Waals surface area contributed by atoms with E-state index in [0.29, 0.717) is 5.71 Å². The summed E-state index contributed by atoms with van der Waals surface area (Å²) in [5, 5.41) is 6.85. The summed E-state index contributed by atoms with van der Waals surface area (Å²) in [6, 6.07) is 7.43. The van der Waals surface area contributed by atoms with Crippen molar-refractivity contribution >= 4 is 23.2 Å². The van der Waals surface area contributed by atoms with Crippen LogP contribution in [0.4, 0.5) is 5.69 Å². The second kappa shape index (κ2) is 5.65. The van der Waals surface area contributed by atoms with E-state index in [-0.39, 0.29) is 17.7 Å². The Balaban J connectivity index is 2.07. The highest BCUT2D eigenvalue weighted by molar-refractivity contribution is 6.01. The number of carbonyl (C=O) groups is 2. The van der Waals surface area contributed by atoms with E-state index >= 15 is 0 Å². The lowest BCUT2D eigenvalue weighted by Gasteiger charge is -2.07. The molecule has 1 aromatic rings. The molecule has 19 heavy (non-hydrogen) atoms. The van der Waals surface area contributed by atoms with Gasteiger partial charge in [-0.3, -0.25) is 9.59 Å². The van der Waals surface area contributed by atoms with Crippen LogP contribution in [0, 0.1) is 5.92 Å². The maximum absolute atomic E-state index is 11.7. The number of carbonyl (C=O) groups excluding carboxylic acids is 2. The van der Waals surface area contributed by atoms with E-state index in [9.17, 15) is 9.59 Å². The van der Waals surface area contributed by atoms with Gasteiger partial charge in [-0.2, -0.15) is 5.10 Å². The molecule has 5 heteroatoms. The zero-order valence-corrected chi connectivity index (χ0v) is 11.1. The second-order valence-corrected chi connectivity index (χ2v) is 4.71. The first-order valence-corrected chi connectivity index (χ1v) is 6.28. The van der Waals surface area contributed by atoms with Gasteiger partial charge in [-0.15, -0.1) is 0 Å². The zero-order valence-electron chi connectivity index (χ0n) is 11.1. The molecule has 2 amide bonds. The van der Waals surface area contributed by atoms with Crippen molar-refractivity contribution < 1.29 is 9.59 Å². The van der Waals surface area contributed by atoms with Gasteiger partial charge in [0, 0.05) is 18.5 Å². The van der Waals surface area contributed by atoms with Gasteiger partial charge in [0.25, 0.3) is 0 Å². The summed E-state index contributed by atoms with van der Waals surface area (Å²) >= 11 is 0. The van der Waals surface area contributed by atoms with Crippen molar-refractivity contribution in [1.82, 2.24) is 5.43 Å². The molecule has 2 N–H and O–H groups in total. The Hall–Kier alpha value is -2.17. The van der Waals surface area contributed by atoms with E-state index in [4.69, 9.17) is 0 Å². The molecular weight excluding hydrogens is 242 g/mol. The third-order valence-corrected chi connectivity index (χ3v) is 2.88. The van der Waals surface area contributed by atoms with E-state index in [1.165, 1.54) is 6.92 Å². The van der Waals surface area contributed by atoms with E-state index in [1.54, 1.807) is 6.92 Å². The Bertz CT molecular complexity index is 533. The second-order valence-electron chi connectivity index (χ2n) is 4.71. The topological polar surface area (TPSA) is 70.6 Å². The van der Waals surface area contributed by atoms with Gasteiger partial charge in [0.2, 0.25) is 11.8 Å². The summed E-state index contributed by atoms with van der Waals surface area (Å²) < 4.78 is 0. The molecule has 1 aliphatic carbocycles. The standard InChI is InChI=1S/C14H17N3O2/c1-9(16-17-10(2)18)12-4-3-5-13(8-12)15-14(19)11-6-7-11/h3-5,8,11H,6-7H2,1-2H3,(H,15,19)(H,17,18)/b16-9-. The van der Waals surface area contributed by atoms with Crippen molar-refractivity contribution in [3.63, 3.8) is 0 Å². The van der Waals surface area contributed by atoms with Crippen LogP contribution in [0.25, 0.3) is 0 Å². The number of rotatable bonds is 4. The fourth-order valence-electron chi connectivity index (χ4n) is 1.64. The molecule has 100 valence electrons. The highest BCUT2D eigenvalue weighted by Crippen LogP contribution is 2.30. The molecule has 1 fully saturated rings. The van der Waals surface area contributed by atoms with Gasteiger partial charge in [0.05, 0.1) is 5.71 Å².